The highest BCUT2D eigenvalue weighted by Gasteiger charge is 2.13. The maximum absolute atomic E-state index is 5.31. The lowest BCUT2D eigenvalue weighted by molar-refractivity contribution is 0.311. The Hall–Kier alpha value is -1.07. The third-order valence-corrected chi connectivity index (χ3v) is 2.92. The van der Waals surface area contributed by atoms with E-state index in [9.17, 15) is 0 Å². The molecule has 0 unspecified atom stereocenters. The van der Waals surface area contributed by atoms with Crippen LogP contribution in [0, 0.1) is 0 Å². The zero-order chi connectivity index (χ0) is 10.6. The molecule has 0 bridgehead atoms. The molecule has 1 rings (SSSR count). The molecule has 0 aliphatic heterocycles. The van der Waals surface area contributed by atoms with Crippen LogP contribution in [0.5, 0.6) is 0 Å². The van der Waals surface area contributed by atoms with Crippen LogP contribution in [0.3, 0.4) is 0 Å². The van der Waals surface area contributed by atoms with Crippen LogP contribution in [-0.2, 0) is 0 Å². The molecule has 0 amide bonds. The molecule has 1 heterocycles. The number of aliphatic imine (C=N–C) groups is 1. The molecule has 14 heavy (non-hydrogen) atoms. The van der Waals surface area contributed by atoms with E-state index in [1.54, 1.807) is 11.3 Å². The first-order chi connectivity index (χ1) is 6.61. The quantitative estimate of drug-likeness (QED) is 0.568. The summed E-state index contributed by atoms with van der Waals surface area (Å²) < 4.78 is 0. The van der Waals surface area contributed by atoms with E-state index in [-0.39, 0.29) is 12.0 Å². The molecular weight excluding hydrogens is 196 g/mol. The van der Waals surface area contributed by atoms with Crippen LogP contribution in [0.2, 0.25) is 0 Å². The van der Waals surface area contributed by atoms with E-state index < -0.39 is 0 Å². The summed E-state index contributed by atoms with van der Waals surface area (Å²) in [4.78, 5) is 7.43. The molecule has 78 valence electrons. The van der Waals surface area contributed by atoms with Crippen LogP contribution in [0.4, 0.5) is 0 Å². The van der Waals surface area contributed by atoms with Gasteiger partial charge in [-0.15, -0.1) is 11.3 Å². The van der Waals surface area contributed by atoms with Gasteiger partial charge in [-0.05, 0) is 25.5 Å². The Morgan fingerprint density at radius 2 is 2.29 bits per heavy atom. The van der Waals surface area contributed by atoms with Crippen molar-refractivity contribution in [3.63, 3.8) is 0 Å². The third-order valence-electron chi connectivity index (χ3n) is 1.94. The minimum absolute atomic E-state index is 0.147. The molecule has 1 aromatic rings. The second kappa shape index (κ2) is 4.97. The van der Waals surface area contributed by atoms with Crippen molar-refractivity contribution >= 4 is 17.3 Å². The Morgan fingerprint density at radius 1 is 1.57 bits per heavy atom. The predicted molar refractivity (Wildman–Crippen MR) is 61.4 cm³/mol. The lowest BCUT2D eigenvalue weighted by Gasteiger charge is -2.21. The highest BCUT2D eigenvalue weighted by Crippen LogP contribution is 2.23. The van der Waals surface area contributed by atoms with Gasteiger partial charge in [0.05, 0.1) is 12.6 Å². The maximum atomic E-state index is 5.31. The van der Waals surface area contributed by atoms with Gasteiger partial charge < -0.3 is 16.4 Å². The molecule has 1 atom stereocenters. The number of nitrogens with zero attached hydrogens (tertiary/aromatic N) is 2. The van der Waals surface area contributed by atoms with Crippen LogP contribution in [0.1, 0.15) is 10.9 Å². The molecule has 4 nitrogen and oxygen atoms in total. The monoisotopic (exact) mass is 212 g/mol. The van der Waals surface area contributed by atoms with E-state index in [2.05, 4.69) is 21.3 Å². The van der Waals surface area contributed by atoms with E-state index in [0.717, 1.165) is 0 Å². The van der Waals surface area contributed by atoms with Gasteiger partial charge in [-0.2, -0.15) is 0 Å². The van der Waals surface area contributed by atoms with Gasteiger partial charge in [0.2, 0.25) is 0 Å². The van der Waals surface area contributed by atoms with Gasteiger partial charge in [-0.1, -0.05) is 6.07 Å². The standard InChI is InChI=1S/C9H16N4S/c1-13(2)7(6-12-9(10)11)8-4-3-5-14-8/h3-5,7H,6H2,1-2H3,(H4,10,11,12)/t7-/m0/s1. The maximum Gasteiger partial charge on any atom is 0.185 e. The van der Waals surface area contributed by atoms with E-state index in [4.69, 9.17) is 11.5 Å². The van der Waals surface area contributed by atoms with E-state index >= 15 is 0 Å². The molecule has 1 aromatic heterocycles. The Morgan fingerprint density at radius 3 is 2.71 bits per heavy atom. The predicted octanol–water partition coefficient (Wildman–Crippen LogP) is 0.624. The smallest absolute Gasteiger partial charge is 0.185 e. The van der Waals surface area contributed by atoms with Crippen LogP contribution in [-0.4, -0.2) is 31.5 Å². The summed E-state index contributed by atoms with van der Waals surface area (Å²) in [5.74, 6) is 0.147. The van der Waals surface area contributed by atoms with Crippen molar-refractivity contribution in [3.8, 4) is 0 Å². The number of hydrogen-bond donors (Lipinski definition) is 2. The van der Waals surface area contributed by atoms with Crippen molar-refractivity contribution < 1.29 is 0 Å². The summed E-state index contributed by atoms with van der Waals surface area (Å²) >= 11 is 1.72. The van der Waals surface area contributed by atoms with Crippen LogP contribution < -0.4 is 11.5 Å². The van der Waals surface area contributed by atoms with Crippen LogP contribution in [0.15, 0.2) is 22.5 Å². The van der Waals surface area contributed by atoms with Crippen molar-refractivity contribution in [3.05, 3.63) is 22.4 Å². The lowest BCUT2D eigenvalue weighted by atomic mass is 10.2. The number of likely N-dealkylation sites (N-methyl/N-ethyl adjacent to an activating group) is 1. The fourth-order valence-corrected chi connectivity index (χ4v) is 2.09. The van der Waals surface area contributed by atoms with Crippen LogP contribution in [0.25, 0.3) is 0 Å². The summed E-state index contributed by atoms with van der Waals surface area (Å²) in [6.07, 6.45) is 0. The third kappa shape index (κ3) is 3.01. The fraction of sp³-hybridized carbons (Fsp3) is 0.444. The number of rotatable bonds is 4. The highest BCUT2D eigenvalue weighted by molar-refractivity contribution is 7.10. The van der Waals surface area contributed by atoms with Gasteiger partial charge in [0.15, 0.2) is 5.96 Å². The normalized spacial score (nSPS) is 12.8. The Balaban J connectivity index is 2.71. The van der Waals surface area contributed by atoms with Gasteiger partial charge in [0.1, 0.15) is 0 Å². The molecule has 0 saturated carbocycles. The first-order valence-electron chi connectivity index (χ1n) is 4.36. The number of thiophene rings is 1. The van der Waals surface area contributed by atoms with Crippen molar-refractivity contribution in [1.82, 2.24) is 4.90 Å². The molecule has 5 heteroatoms. The van der Waals surface area contributed by atoms with Gasteiger partial charge in [-0.25, -0.2) is 0 Å². The molecule has 0 aliphatic rings. The molecular formula is C9H16N4S. The summed E-state index contributed by atoms with van der Waals surface area (Å²) in [5, 5.41) is 2.06. The summed E-state index contributed by atoms with van der Waals surface area (Å²) in [6.45, 7) is 0.607. The molecule has 0 saturated heterocycles. The van der Waals surface area contributed by atoms with Crippen molar-refractivity contribution in [2.24, 2.45) is 16.5 Å². The topological polar surface area (TPSA) is 67.6 Å². The van der Waals surface area contributed by atoms with E-state index in [1.165, 1.54) is 4.88 Å². The summed E-state index contributed by atoms with van der Waals surface area (Å²) in [6, 6.07) is 4.39. The lowest BCUT2D eigenvalue weighted by Crippen LogP contribution is -2.27. The molecule has 0 radical (unpaired) electrons. The summed E-state index contributed by atoms with van der Waals surface area (Å²) in [5.41, 5.74) is 10.6. The highest BCUT2D eigenvalue weighted by atomic mass is 32.1. The van der Waals surface area contributed by atoms with Gasteiger partial charge in [0, 0.05) is 4.88 Å². The Bertz CT molecular complexity index is 288. The zero-order valence-electron chi connectivity index (χ0n) is 8.47. The van der Waals surface area contributed by atoms with Crippen LogP contribution >= 0.6 is 11.3 Å². The van der Waals surface area contributed by atoms with Crippen molar-refractivity contribution in [2.75, 3.05) is 20.6 Å². The van der Waals surface area contributed by atoms with Gasteiger partial charge in [0.25, 0.3) is 0 Å². The number of nitrogens with two attached hydrogens (primary N) is 2. The minimum atomic E-state index is 0.147. The number of guanidine groups is 1. The molecule has 0 spiro atoms. The summed E-state index contributed by atoms with van der Waals surface area (Å²) in [7, 11) is 4.04. The number of hydrogen-bond acceptors (Lipinski definition) is 3. The van der Waals surface area contributed by atoms with Crippen molar-refractivity contribution in [1.29, 1.82) is 0 Å². The molecule has 0 fully saturated rings. The van der Waals surface area contributed by atoms with Gasteiger partial charge >= 0.3 is 0 Å². The van der Waals surface area contributed by atoms with E-state index in [1.807, 2.05) is 20.2 Å². The molecule has 4 N–H and O–H groups in total. The molecule has 0 aromatic carbocycles. The second-order valence-electron chi connectivity index (χ2n) is 3.26. The Kier molecular flexibility index (Phi) is 3.91. The van der Waals surface area contributed by atoms with Gasteiger partial charge in [-0.3, -0.25) is 4.99 Å². The second-order valence-corrected chi connectivity index (χ2v) is 4.24. The zero-order valence-corrected chi connectivity index (χ0v) is 9.29. The first-order valence-corrected chi connectivity index (χ1v) is 5.24. The largest absolute Gasteiger partial charge is 0.370 e. The Labute approximate surface area is 88.2 Å². The minimum Gasteiger partial charge on any atom is -0.370 e. The fourth-order valence-electron chi connectivity index (χ4n) is 1.18. The van der Waals surface area contributed by atoms with Crippen molar-refractivity contribution in [2.45, 2.75) is 6.04 Å². The average Bonchev–Trinajstić information content (AvgIpc) is 2.56. The average molecular weight is 212 g/mol. The SMILES string of the molecule is CN(C)[C@@H](CN=C(N)N)c1cccs1. The first kappa shape index (κ1) is 11.0. The molecule has 0 aliphatic carbocycles. The van der Waals surface area contributed by atoms with E-state index in [0.29, 0.717) is 6.54 Å².